The van der Waals surface area contributed by atoms with E-state index in [1.54, 1.807) is 27.4 Å². The molecule has 0 radical (unpaired) electrons. The Hall–Kier alpha value is -2.19. The predicted octanol–water partition coefficient (Wildman–Crippen LogP) is 2.99. The summed E-state index contributed by atoms with van der Waals surface area (Å²) >= 11 is 0. The van der Waals surface area contributed by atoms with E-state index in [-0.39, 0.29) is 5.91 Å². The molecule has 8 heteroatoms. The number of aromatic nitrogens is 1. The van der Waals surface area contributed by atoms with Gasteiger partial charge in [0.05, 0.1) is 10.6 Å². The lowest BCUT2D eigenvalue weighted by Crippen LogP contribution is -2.35. The standard InChI is InChI=1S/C21H27N3O4S/c1-15-19(16(2)28-22-15)7-9-21(25)24-13-10-17-14-18(6-8-20(17)24)29(26,27)23-11-4-3-5-12-23/h6,8,14H,3-5,7,9-13H2,1-2H3. The predicted molar refractivity (Wildman–Crippen MR) is 109 cm³/mol. The van der Waals surface area contributed by atoms with Crippen molar-refractivity contribution in [2.45, 2.75) is 57.3 Å². The van der Waals surface area contributed by atoms with E-state index in [0.717, 1.165) is 47.5 Å². The van der Waals surface area contributed by atoms with E-state index in [2.05, 4.69) is 5.16 Å². The Morgan fingerprint density at radius 2 is 1.90 bits per heavy atom. The molecule has 1 aromatic carbocycles. The Bertz CT molecular complexity index is 1000. The van der Waals surface area contributed by atoms with E-state index in [0.29, 0.717) is 43.8 Å². The number of carbonyl (C=O) groups excluding carboxylic acids is 1. The quantitative estimate of drug-likeness (QED) is 0.747. The van der Waals surface area contributed by atoms with Crippen LogP contribution in [0.2, 0.25) is 0 Å². The molecule has 0 aliphatic carbocycles. The Morgan fingerprint density at radius 3 is 2.59 bits per heavy atom. The first-order chi connectivity index (χ1) is 13.9. The fraction of sp³-hybridized carbons (Fsp3) is 0.524. The number of aryl methyl sites for hydroxylation is 2. The highest BCUT2D eigenvalue weighted by atomic mass is 32.2. The first-order valence-corrected chi connectivity index (χ1v) is 11.7. The average molecular weight is 418 g/mol. The van der Waals surface area contributed by atoms with Crippen molar-refractivity contribution in [2.24, 2.45) is 0 Å². The van der Waals surface area contributed by atoms with Crippen molar-refractivity contribution in [3.8, 4) is 0 Å². The highest BCUT2D eigenvalue weighted by Crippen LogP contribution is 2.32. The Morgan fingerprint density at radius 1 is 1.14 bits per heavy atom. The number of anilines is 1. The Labute approximate surface area is 171 Å². The number of benzene rings is 1. The minimum absolute atomic E-state index is 0.0374. The van der Waals surface area contributed by atoms with Gasteiger partial charge in [0.1, 0.15) is 5.76 Å². The molecular formula is C21H27N3O4S. The molecule has 0 unspecified atom stereocenters. The normalized spacial score (nSPS) is 17.5. The second-order valence-corrected chi connectivity index (χ2v) is 9.79. The molecule has 2 aliphatic heterocycles. The zero-order chi connectivity index (χ0) is 20.6. The van der Waals surface area contributed by atoms with E-state index in [1.165, 1.54) is 0 Å². The molecule has 0 atom stereocenters. The van der Waals surface area contributed by atoms with E-state index in [4.69, 9.17) is 4.52 Å². The fourth-order valence-electron chi connectivity index (χ4n) is 4.28. The van der Waals surface area contributed by atoms with Gasteiger partial charge in [0.2, 0.25) is 15.9 Å². The van der Waals surface area contributed by atoms with Crippen LogP contribution in [0.3, 0.4) is 0 Å². The summed E-state index contributed by atoms with van der Waals surface area (Å²) in [5.74, 6) is 0.792. The molecule has 2 aliphatic rings. The maximum absolute atomic E-state index is 12.9. The number of nitrogens with zero attached hydrogens (tertiary/aromatic N) is 3. The SMILES string of the molecule is Cc1noc(C)c1CCC(=O)N1CCc2cc(S(=O)(=O)N3CCCCC3)ccc21. The lowest BCUT2D eigenvalue weighted by atomic mass is 10.1. The molecule has 1 aromatic heterocycles. The Balaban J connectivity index is 1.48. The van der Waals surface area contributed by atoms with Crippen LogP contribution in [-0.2, 0) is 27.7 Å². The molecule has 0 bridgehead atoms. The molecule has 0 N–H and O–H groups in total. The molecule has 0 saturated carbocycles. The second kappa shape index (κ2) is 7.91. The number of amides is 1. The number of piperidine rings is 1. The van der Waals surface area contributed by atoms with Gasteiger partial charge in [0, 0.05) is 37.3 Å². The summed E-state index contributed by atoms with van der Waals surface area (Å²) in [5.41, 5.74) is 3.56. The molecule has 156 valence electrons. The van der Waals surface area contributed by atoms with Gasteiger partial charge in [-0.15, -0.1) is 0 Å². The molecule has 4 rings (SSSR count). The zero-order valence-electron chi connectivity index (χ0n) is 17.0. The minimum atomic E-state index is -3.46. The highest BCUT2D eigenvalue weighted by molar-refractivity contribution is 7.89. The first kappa shape index (κ1) is 20.1. The topological polar surface area (TPSA) is 83.7 Å². The smallest absolute Gasteiger partial charge is 0.243 e. The third-order valence-corrected chi connectivity index (χ3v) is 7.87. The first-order valence-electron chi connectivity index (χ1n) is 10.2. The molecule has 1 fully saturated rings. The summed E-state index contributed by atoms with van der Waals surface area (Å²) in [5, 5.41) is 3.94. The summed E-state index contributed by atoms with van der Waals surface area (Å²) in [6, 6.07) is 5.18. The lowest BCUT2D eigenvalue weighted by Gasteiger charge is -2.26. The average Bonchev–Trinajstić information content (AvgIpc) is 3.29. The summed E-state index contributed by atoms with van der Waals surface area (Å²) in [4.78, 5) is 14.9. The van der Waals surface area contributed by atoms with Gasteiger partial charge in [0.25, 0.3) is 0 Å². The van der Waals surface area contributed by atoms with Crippen molar-refractivity contribution >= 4 is 21.6 Å². The summed E-state index contributed by atoms with van der Waals surface area (Å²) < 4.78 is 32.6. The van der Waals surface area contributed by atoms with E-state index >= 15 is 0 Å². The van der Waals surface area contributed by atoms with Gasteiger partial charge in [-0.2, -0.15) is 4.31 Å². The van der Waals surface area contributed by atoms with Gasteiger partial charge < -0.3 is 9.42 Å². The van der Waals surface area contributed by atoms with Crippen LogP contribution in [0.4, 0.5) is 5.69 Å². The zero-order valence-corrected chi connectivity index (χ0v) is 17.8. The van der Waals surface area contributed by atoms with Crippen molar-refractivity contribution in [3.63, 3.8) is 0 Å². The number of hydrogen-bond donors (Lipinski definition) is 0. The molecule has 7 nitrogen and oxygen atoms in total. The van der Waals surface area contributed by atoms with Crippen LogP contribution in [0.5, 0.6) is 0 Å². The van der Waals surface area contributed by atoms with Crippen molar-refractivity contribution in [2.75, 3.05) is 24.5 Å². The van der Waals surface area contributed by atoms with E-state index in [9.17, 15) is 13.2 Å². The maximum Gasteiger partial charge on any atom is 0.243 e. The van der Waals surface area contributed by atoms with Crippen LogP contribution >= 0.6 is 0 Å². The van der Waals surface area contributed by atoms with Gasteiger partial charge in [0.15, 0.2) is 0 Å². The monoisotopic (exact) mass is 417 g/mol. The van der Waals surface area contributed by atoms with Crippen molar-refractivity contribution in [1.29, 1.82) is 0 Å². The van der Waals surface area contributed by atoms with Crippen molar-refractivity contribution in [3.05, 3.63) is 40.8 Å². The van der Waals surface area contributed by atoms with Crippen molar-refractivity contribution in [1.82, 2.24) is 9.46 Å². The minimum Gasteiger partial charge on any atom is -0.361 e. The van der Waals surface area contributed by atoms with Gasteiger partial charge in [-0.1, -0.05) is 11.6 Å². The molecule has 1 saturated heterocycles. The van der Waals surface area contributed by atoms with Crippen molar-refractivity contribution < 1.29 is 17.7 Å². The van der Waals surface area contributed by atoms with Crippen LogP contribution in [-0.4, -0.2) is 43.4 Å². The van der Waals surface area contributed by atoms with Gasteiger partial charge in [-0.3, -0.25) is 4.79 Å². The summed E-state index contributed by atoms with van der Waals surface area (Å²) in [7, 11) is -3.46. The third-order valence-electron chi connectivity index (χ3n) is 5.97. The number of sulfonamides is 1. The third kappa shape index (κ3) is 3.83. The largest absolute Gasteiger partial charge is 0.361 e. The number of hydrogen-bond acceptors (Lipinski definition) is 5. The maximum atomic E-state index is 12.9. The molecule has 2 aromatic rings. The van der Waals surface area contributed by atoms with E-state index < -0.39 is 10.0 Å². The van der Waals surface area contributed by atoms with Gasteiger partial charge >= 0.3 is 0 Å². The molecular weight excluding hydrogens is 390 g/mol. The lowest BCUT2D eigenvalue weighted by molar-refractivity contribution is -0.118. The number of carbonyl (C=O) groups is 1. The van der Waals surface area contributed by atoms with Crippen LogP contribution in [0.25, 0.3) is 0 Å². The second-order valence-electron chi connectivity index (χ2n) is 7.85. The summed E-state index contributed by atoms with van der Waals surface area (Å²) in [6.45, 7) is 5.50. The highest BCUT2D eigenvalue weighted by Gasteiger charge is 2.30. The summed E-state index contributed by atoms with van der Waals surface area (Å²) in [6.07, 6.45) is 4.55. The van der Waals surface area contributed by atoms with Crippen LogP contribution in [0.1, 0.15) is 48.3 Å². The fourth-order valence-corrected chi connectivity index (χ4v) is 5.85. The molecule has 3 heterocycles. The van der Waals surface area contributed by atoms with E-state index in [1.807, 2.05) is 13.8 Å². The molecule has 29 heavy (non-hydrogen) atoms. The molecule has 1 amide bonds. The van der Waals surface area contributed by atoms with Gasteiger partial charge in [-0.05, 0) is 63.3 Å². The van der Waals surface area contributed by atoms with Crippen LogP contribution in [0.15, 0.2) is 27.6 Å². The van der Waals surface area contributed by atoms with Crippen LogP contribution in [0, 0.1) is 13.8 Å². The Kier molecular flexibility index (Phi) is 5.48. The van der Waals surface area contributed by atoms with Crippen LogP contribution < -0.4 is 4.90 Å². The number of rotatable bonds is 5. The number of fused-ring (bicyclic) bond motifs is 1. The molecule has 0 spiro atoms. The van der Waals surface area contributed by atoms with Gasteiger partial charge in [-0.25, -0.2) is 8.42 Å².